The third-order valence-corrected chi connectivity index (χ3v) is 4.15. The highest BCUT2D eigenvalue weighted by molar-refractivity contribution is 6.31. The molecule has 2 N–H and O–H groups in total. The molecule has 0 unspecified atom stereocenters. The molecule has 0 saturated carbocycles. The van der Waals surface area contributed by atoms with Gasteiger partial charge in [-0.1, -0.05) is 17.7 Å². The molecule has 8 heteroatoms. The van der Waals surface area contributed by atoms with Crippen molar-refractivity contribution >= 4 is 35.6 Å². The highest BCUT2D eigenvalue weighted by Crippen LogP contribution is 2.29. The van der Waals surface area contributed by atoms with Crippen molar-refractivity contribution in [3.63, 3.8) is 0 Å². The molecule has 1 aromatic heterocycles. The minimum Gasteiger partial charge on any atom is -0.478 e. The number of halogens is 2. The molecule has 3 rings (SSSR count). The SMILES string of the molecule is CCOc1cc(C(=O)Nc2ccc([C@H]3CNCCO3)c(Cl)c2)ccn1.Cl. The molecule has 6 nitrogen and oxygen atoms in total. The lowest BCUT2D eigenvalue weighted by Crippen LogP contribution is -2.33. The largest absolute Gasteiger partial charge is 0.478 e. The lowest BCUT2D eigenvalue weighted by atomic mass is 10.1. The van der Waals surface area contributed by atoms with Crippen molar-refractivity contribution in [3.05, 3.63) is 52.7 Å². The predicted octanol–water partition coefficient (Wildman–Crippen LogP) is 3.47. The summed E-state index contributed by atoms with van der Waals surface area (Å²) in [7, 11) is 0. The van der Waals surface area contributed by atoms with Crippen LogP contribution in [0.15, 0.2) is 36.5 Å². The van der Waals surface area contributed by atoms with Crippen molar-refractivity contribution in [1.82, 2.24) is 10.3 Å². The van der Waals surface area contributed by atoms with Crippen LogP contribution in [0.1, 0.15) is 28.9 Å². The normalized spacial score (nSPS) is 16.5. The average Bonchev–Trinajstić information content (AvgIpc) is 2.63. The Kier molecular flexibility index (Phi) is 7.66. The zero-order valence-corrected chi connectivity index (χ0v) is 15.9. The van der Waals surface area contributed by atoms with Gasteiger partial charge < -0.3 is 20.1 Å². The van der Waals surface area contributed by atoms with Crippen LogP contribution in [0, 0.1) is 0 Å². The first-order valence-corrected chi connectivity index (χ1v) is 8.57. The fraction of sp³-hybridized carbons (Fsp3) is 0.333. The summed E-state index contributed by atoms with van der Waals surface area (Å²) in [5, 5.41) is 6.67. The van der Waals surface area contributed by atoms with E-state index >= 15 is 0 Å². The molecule has 2 heterocycles. The first-order chi connectivity index (χ1) is 12.2. The number of nitrogens with one attached hydrogen (secondary N) is 2. The molecule has 140 valence electrons. The molecule has 1 aliphatic heterocycles. The summed E-state index contributed by atoms with van der Waals surface area (Å²) in [6, 6.07) is 8.68. The number of hydrogen-bond donors (Lipinski definition) is 2. The maximum Gasteiger partial charge on any atom is 0.255 e. The van der Waals surface area contributed by atoms with Crippen molar-refractivity contribution in [2.24, 2.45) is 0 Å². The summed E-state index contributed by atoms with van der Waals surface area (Å²) in [6.07, 6.45) is 1.48. The Labute approximate surface area is 163 Å². The van der Waals surface area contributed by atoms with E-state index in [1.807, 2.05) is 19.1 Å². The van der Waals surface area contributed by atoms with E-state index in [2.05, 4.69) is 15.6 Å². The molecule has 1 fully saturated rings. The Balaban J connectivity index is 0.00000243. The highest BCUT2D eigenvalue weighted by Gasteiger charge is 2.19. The predicted molar refractivity (Wildman–Crippen MR) is 104 cm³/mol. The first-order valence-electron chi connectivity index (χ1n) is 8.19. The number of carbonyl (C=O) groups excluding carboxylic acids is 1. The van der Waals surface area contributed by atoms with E-state index in [1.165, 1.54) is 0 Å². The molecule has 0 aliphatic carbocycles. The van der Waals surface area contributed by atoms with Crippen LogP contribution in [0.25, 0.3) is 0 Å². The van der Waals surface area contributed by atoms with Crippen LogP contribution >= 0.6 is 24.0 Å². The number of pyridine rings is 1. The zero-order chi connectivity index (χ0) is 17.6. The van der Waals surface area contributed by atoms with Crippen LogP contribution < -0.4 is 15.4 Å². The van der Waals surface area contributed by atoms with Crippen LogP contribution in [0.3, 0.4) is 0 Å². The van der Waals surface area contributed by atoms with E-state index < -0.39 is 0 Å². The lowest BCUT2D eigenvalue weighted by Gasteiger charge is -2.25. The van der Waals surface area contributed by atoms with E-state index in [9.17, 15) is 4.79 Å². The molecule has 0 radical (unpaired) electrons. The molecule has 1 aromatic carbocycles. The fourth-order valence-corrected chi connectivity index (χ4v) is 2.91. The third-order valence-electron chi connectivity index (χ3n) is 3.82. The Morgan fingerprint density at radius 3 is 2.96 bits per heavy atom. The van der Waals surface area contributed by atoms with E-state index in [0.29, 0.717) is 35.4 Å². The number of rotatable bonds is 5. The monoisotopic (exact) mass is 397 g/mol. The van der Waals surface area contributed by atoms with Crippen LogP contribution in [0.2, 0.25) is 5.02 Å². The maximum atomic E-state index is 12.4. The fourth-order valence-electron chi connectivity index (χ4n) is 2.61. The van der Waals surface area contributed by atoms with E-state index in [1.54, 1.807) is 24.4 Å². The molecule has 1 atom stereocenters. The van der Waals surface area contributed by atoms with E-state index in [0.717, 1.165) is 18.7 Å². The van der Waals surface area contributed by atoms with Gasteiger partial charge in [-0.15, -0.1) is 12.4 Å². The number of carbonyl (C=O) groups is 1. The lowest BCUT2D eigenvalue weighted by molar-refractivity contribution is 0.0278. The second kappa shape index (κ2) is 9.73. The van der Waals surface area contributed by atoms with Gasteiger partial charge in [-0.05, 0) is 25.1 Å². The van der Waals surface area contributed by atoms with Gasteiger partial charge in [0.15, 0.2) is 0 Å². The summed E-state index contributed by atoms with van der Waals surface area (Å²) in [6.45, 7) is 4.58. The number of nitrogens with zero attached hydrogens (tertiary/aromatic N) is 1. The van der Waals surface area contributed by atoms with Gasteiger partial charge in [0, 0.05) is 47.2 Å². The van der Waals surface area contributed by atoms with Gasteiger partial charge in [-0.25, -0.2) is 4.98 Å². The van der Waals surface area contributed by atoms with Crippen molar-refractivity contribution in [3.8, 4) is 5.88 Å². The van der Waals surface area contributed by atoms with Crippen LogP contribution in [-0.4, -0.2) is 37.2 Å². The van der Waals surface area contributed by atoms with Crippen molar-refractivity contribution in [2.75, 3.05) is 31.6 Å². The van der Waals surface area contributed by atoms with E-state index in [-0.39, 0.29) is 24.4 Å². The molecule has 0 bridgehead atoms. The minimum atomic E-state index is -0.247. The average molecular weight is 398 g/mol. The Morgan fingerprint density at radius 1 is 1.42 bits per heavy atom. The Hall–Kier alpha value is -1.86. The molecule has 1 saturated heterocycles. The van der Waals surface area contributed by atoms with Crippen molar-refractivity contribution in [2.45, 2.75) is 13.0 Å². The summed E-state index contributed by atoms with van der Waals surface area (Å²) >= 11 is 6.37. The molecule has 1 amide bonds. The smallest absolute Gasteiger partial charge is 0.255 e. The quantitative estimate of drug-likeness (QED) is 0.807. The molecule has 2 aromatic rings. The molecule has 1 aliphatic rings. The van der Waals surface area contributed by atoms with Gasteiger partial charge in [0.1, 0.15) is 0 Å². The summed E-state index contributed by atoms with van der Waals surface area (Å²) < 4.78 is 11.0. The number of amides is 1. The zero-order valence-electron chi connectivity index (χ0n) is 14.3. The molecular weight excluding hydrogens is 377 g/mol. The van der Waals surface area contributed by atoms with Crippen LogP contribution in [-0.2, 0) is 4.74 Å². The molecule has 26 heavy (non-hydrogen) atoms. The van der Waals surface area contributed by atoms with Crippen molar-refractivity contribution < 1.29 is 14.3 Å². The number of morpholine rings is 1. The number of hydrogen-bond acceptors (Lipinski definition) is 5. The van der Waals surface area contributed by atoms with Crippen molar-refractivity contribution in [1.29, 1.82) is 0 Å². The topological polar surface area (TPSA) is 72.5 Å². The first kappa shape index (κ1) is 20.5. The van der Waals surface area contributed by atoms with Gasteiger partial charge >= 0.3 is 0 Å². The van der Waals surface area contributed by atoms with Crippen LogP contribution in [0.4, 0.5) is 5.69 Å². The third kappa shape index (κ3) is 5.08. The van der Waals surface area contributed by atoms with Gasteiger partial charge in [-0.3, -0.25) is 4.79 Å². The van der Waals surface area contributed by atoms with E-state index in [4.69, 9.17) is 21.1 Å². The summed E-state index contributed by atoms with van der Waals surface area (Å²) in [4.78, 5) is 16.4. The van der Waals surface area contributed by atoms with Gasteiger partial charge in [0.25, 0.3) is 5.91 Å². The molecule has 0 spiro atoms. The van der Waals surface area contributed by atoms with Gasteiger partial charge in [0.05, 0.1) is 19.3 Å². The second-order valence-electron chi connectivity index (χ2n) is 5.57. The standard InChI is InChI=1S/C18H20ClN3O3.ClH/c1-2-24-17-9-12(5-6-21-17)18(23)22-13-3-4-14(15(19)10-13)16-11-20-7-8-25-16;/h3-6,9-10,16,20H,2,7-8,11H2,1H3,(H,22,23);1H/t16-;/m1./s1. The minimum absolute atomic E-state index is 0. The summed E-state index contributed by atoms with van der Waals surface area (Å²) in [5.41, 5.74) is 2.00. The molecular formula is C18H21Cl2N3O3. The number of aromatic nitrogens is 1. The second-order valence-corrected chi connectivity index (χ2v) is 5.98. The van der Waals surface area contributed by atoms with Gasteiger partial charge in [-0.2, -0.15) is 0 Å². The van der Waals surface area contributed by atoms with Gasteiger partial charge in [0.2, 0.25) is 5.88 Å². The highest BCUT2D eigenvalue weighted by atomic mass is 35.5. The number of benzene rings is 1. The van der Waals surface area contributed by atoms with Crippen LogP contribution in [0.5, 0.6) is 5.88 Å². The Morgan fingerprint density at radius 2 is 2.27 bits per heavy atom. The number of anilines is 1. The maximum absolute atomic E-state index is 12.4. The number of ether oxygens (including phenoxy) is 2. The summed E-state index contributed by atoms with van der Waals surface area (Å²) in [5.74, 6) is 0.174. The Bertz CT molecular complexity index is 752.